The van der Waals surface area contributed by atoms with Crippen molar-refractivity contribution in [2.45, 2.75) is 12.5 Å². The topological polar surface area (TPSA) is 52.6 Å². The molecule has 1 atom stereocenters. The van der Waals surface area contributed by atoms with E-state index < -0.39 is 11.7 Å². The number of rotatable bonds is 6. The minimum absolute atomic E-state index is 0.00512. The SMILES string of the molecule is CN(C)c1ccc(C(=O)NC(CCO)c2ccccc2)c(F)c1. The molecule has 0 aromatic heterocycles. The van der Waals surface area contributed by atoms with Gasteiger partial charge in [-0.05, 0) is 30.2 Å². The highest BCUT2D eigenvalue weighted by atomic mass is 19.1. The zero-order valence-electron chi connectivity index (χ0n) is 13.3. The quantitative estimate of drug-likeness (QED) is 0.861. The third-order valence-electron chi connectivity index (χ3n) is 3.64. The molecule has 0 heterocycles. The van der Waals surface area contributed by atoms with E-state index in [9.17, 15) is 14.3 Å². The summed E-state index contributed by atoms with van der Waals surface area (Å²) in [6.45, 7) is -0.0676. The minimum atomic E-state index is -0.565. The molecule has 2 N–H and O–H groups in total. The number of nitrogens with zero attached hydrogens (tertiary/aromatic N) is 1. The van der Waals surface area contributed by atoms with E-state index in [1.165, 1.54) is 12.1 Å². The average molecular weight is 316 g/mol. The number of hydrogen-bond donors (Lipinski definition) is 2. The van der Waals surface area contributed by atoms with Crippen molar-refractivity contribution >= 4 is 11.6 Å². The smallest absolute Gasteiger partial charge is 0.254 e. The van der Waals surface area contributed by atoms with Crippen molar-refractivity contribution in [1.29, 1.82) is 0 Å². The molecule has 0 saturated heterocycles. The van der Waals surface area contributed by atoms with Crippen molar-refractivity contribution in [3.05, 3.63) is 65.5 Å². The van der Waals surface area contributed by atoms with Crippen molar-refractivity contribution in [3.8, 4) is 0 Å². The molecule has 0 radical (unpaired) electrons. The molecule has 23 heavy (non-hydrogen) atoms. The predicted molar refractivity (Wildman–Crippen MR) is 89.1 cm³/mol. The molecule has 2 aromatic carbocycles. The molecule has 2 aromatic rings. The van der Waals surface area contributed by atoms with Crippen molar-refractivity contribution < 1.29 is 14.3 Å². The lowest BCUT2D eigenvalue weighted by molar-refractivity contribution is 0.0926. The molecule has 1 amide bonds. The monoisotopic (exact) mass is 316 g/mol. The lowest BCUT2D eigenvalue weighted by Crippen LogP contribution is -2.30. The molecular weight excluding hydrogens is 295 g/mol. The van der Waals surface area contributed by atoms with Crippen LogP contribution in [0.1, 0.15) is 28.4 Å². The molecule has 0 fully saturated rings. The maximum atomic E-state index is 14.2. The molecule has 0 bridgehead atoms. The van der Waals surface area contributed by atoms with Gasteiger partial charge in [0.15, 0.2) is 0 Å². The lowest BCUT2D eigenvalue weighted by Gasteiger charge is -2.19. The van der Waals surface area contributed by atoms with E-state index in [4.69, 9.17) is 0 Å². The van der Waals surface area contributed by atoms with Gasteiger partial charge in [-0.25, -0.2) is 4.39 Å². The highest BCUT2D eigenvalue weighted by molar-refractivity contribution is 5.95. The number of nitrogens with one attached hydrogen (secondary N) is 1. The van der Waals surface area contributed by atoms with Crippen LogP contribution < -0.4 is 10.2 Å². The zero-order valence-corrected chi connectivity index (χ0v) is 13.3. The van der Waals surface area contributed by atoms with Crippen LogP contribution in [0, 0.1) is 5.82 Å². The van der Waals surface area contributed by atoms with Gasteiger partial charge < -0.3 is 15.3 Å². The molecule has 0 aliphatic rings. The molecule has 1 unspecified atom stereocenters. The van der Waals surface area contributed by atoms with Gasteiger partial charge in [0, 0.05) is 26.4 Å². The Kier molecular flexibility index (Phi) is 5.71. The lowest BCUT2D eigenvalue weighted by atomic mass is 10.0. The fraction of sp³-hybridized carbons (Fsp3) is 0.278. The fourth-order valence-corrected chi connectivity index (χ4v) is 2.34. The first kappa shape index (κ1) is 17.0. The van der Waals surface area contributed by atoms with Crippen molar-refractivity contribution in [2.24, 2.45) is 0 Å². The highest BCUT2D eigenvalue weighted by Gasteiger charge is 2.18. The van der Waals surface area contributed by atoms with E-state index in [1.54, 1.807) is 25.1 Å². The summed E-state index contributed by atoms with van der Waals surface area (Å²) in [7, 11) is 3.61. The van der Waals surface area contributed by atoms with E-state index in [0.717, 1.165) is 5.56 Å². The molecule has 5 heteroatoms. The van der Waals surface area contributed by atoms with Gasteiger partial charge >= 0.3 is 0 Å². The average Bonchev–Trinajstić information content (AvgIpc) is 2.55. The second-order valence-corrected chi connectivity index (χ2v) is 5.51. The molecule has 0 aliphatic heterocycles. The maximum absolute atomic E-state index is 14.2. The second kappa shape index (κ2) is 7.74. The fourth-order valence-electron chi connectivity index (χ4n) is 2.34. The van der Waals surface area contributed by atoms with Crippen LogP contribution in [0.5, 0.6) is 0 Å². The number of aliphatic hydroxyl groups is 1. The van der Waals surface area contributed by atoms with Gasteiger partial charge in [-0.15, -0.1) is 0 Å². The largest absolute Gasteiger partial charge is 0.396 e. The van der Waals surface area contributed by atoms with Crippen LogP contribution >= 0.6 is 0 Å². The van der Waals surface area contributed by atoms with Gasteiger partial charge in [0.2, 0.25) is 0 Å². The molecule has 0 spiro atoms. The number of aliphatic hydroxyl groups excluding tert-OH is 1. The van der Waals surface area contributed by atoms with Crippen LogP contribution in [0.2, 0.25) is 0 Å². The number of benzene rings is 2. The zero-order chi connectivity index (χ0) is 16.8. The summed E-state index contributed by atoms with van der Waals surface area (Å²) in [5.74, 6) is -1.06. The number of carbonyl (C=O) groups is 1. The second-order valence-electron chi connectivity index (χ2n) is 5.51. The summed E-state index contributed by atoms with van der Waals surface area (Å²) in [5, 5.41) is 12.0. The van der Waals surface area contributed by atoms with E-state index in [1.807, 2.05) is 30.3 Å². The Labute approximate surface area is 135 Å². The number of hydrogen-bond acceptors (Lipinski definition) is 3. The van der Waals surface area contributed by atoms with Gasteiger partial charge in [0.25, 0.3) is 5.91 Å². The van der Waals surface area contributed by atoms with Crippen LogP contribution in [0.3, 0.4) is 0 Å². The number of carbonyl (C=O) groups excluding carboxylic acids is 1. The Morgan fingerprint density at radius 3 is 2.48 bits per heavy atom. The van der Waals surface area contributed by atoms with E-state index >= 15 is 0 Å². The molecule has 0 saturated carbocycles. The summed E-state index contributed by atoms with van der Waals surface area (Å²) in [6.07, 6.45) is 0.368. The first-order valence-electron chi connectivity index (χ1n) is 7.46. The van der Waals surface area contributed by atoms with E-state index in [2.05, 4.69) is 5.32 Å². The Balaban J connectivity index is 2.19. The van der Waals surface area contributed by atoms with Gasteiger partial charge in [0.05, 0.1) is 11.6 Å². The summed E-state index contributed by atoms with van der Waals surface area (Å²) in [5.41, 5.74) is 1.56. The number of amides is 1. The third kappa shape index (κ3) is 4.29. The molecule has 0 aliphatic carbocycles. The first-order chi connectivity index (χ1) is 11.0. The van der Waals surface area contributed by atoms with Crippen LogP contribution in [-0.4, -0.2) is 31.7 Å². The van der Waals surface area contributed by atoms with Crippen LogP contribution in [0.4, 0.5) is 10.1 Å². The van der Waals surface area contributed by atoms with Crippen LogP contribution in [0.25, 0.3) is 0 Å². The minimum Gasteiger partial charge on any atom is -0.396 e. The van der Waals surface area contributed by atoms with Gasteiger partial charge in [-0.3, -0.25) is 4.79 Å². The molecule has 4 nitrogen and oxygen atoms in total. The van der Waals surface area contributed by atoms with Crippen molar-refractivity contribution in [1.82, 2.24) is 5.32 Å². The van der Waals surface area contributed by atoms with Gasteiger partial charge in [-0.1, -0.05) is 30.3 Å². The predicted octanol–water partition coefficient (Wildman–Crippen LogP) is 2.75. The molecule has 122 valence electrons. The van der Waals surface area contributed by atoms with Gasteiger partial charge in [-0.2, -0.15) is 0 Å². The van der Waals surface area contributed by atoms with Crippen molar-refractivity contribution in [2.75, 3.05) is 25.6 Å². The highest BCUT2D eigenvalue weighted by Crippen LogP contribution is 2.20. The van der Waals surface area contributed by atoms with E-state index in [-0.39, 0.29) is 18.2 Å². The molecular formula is C18H21FN2O2. The summed E-state index contributed by atoms with van der Waals surface area (Å²) >= 11 is 0. The molecule has 2 rings (SSSR count). The Morgan fingerprint density at radius 2 is 1.91 bits per heavy atom. The van der Waals surface area contributed by atoms with E-state index in [0.29, 0.717) is 12.1 Å². The summed E-state index contributed by atoms with van der Waals surface area (Å²) < 4.78 is 14.2. The van der Waals surface area contributed by atoms with Crippen LogP contribution in [0.15, 0.2) is 48.5 Å². The number of anilines is 1. The Bertz CT molecular complexity index is 659. The van der Waals surface area contributed by atoms with Crippen molar-refractivity contribution in [3.63, 3.8) is 0 Å². The summed E-state index contributed by atoms with van der Waals surface area (Å²) in [4.78, 5) is 14.1. The standard InChI is InChI=1S/C18H21FN2O2/c1-21(2)14-8-9-15(16(19)12-14)18(23)20-17(10-11-22)13-6-4-3-5-7-13/h3-9,12,17,22H,10-11H2,1-2H3,(H,20,23). The Morgan fingerprint density at radius 1 is 1.22 bits per heavy atom. The first-order valence-corrected chi connectivity index (χ1v) is 7.46. The Hall–Kier alpha value is -2.40. The summed E-state index contributed by atoms with van der Waals surface area (Å²) in [6, 6.07) is 13.5. The number of halogens is 1. The maximum Gasteiger partial charge on any atom is 0.254 e. The van der Waals surface area contributed by atoms with Gasteiger partial charge in [0.1, 0.15) is 5.82 Å². The normalized spacial score (nSPS) is 11.8. The third-order valence-corrected chi connectivity index (χ3v) is 3.64. The van der Waals surface area contributed by atoms with Crippen LogP contribution in [-0.2, 0) is 0 Å².